The summed E-state index contributed by atoms with van der Waals surface area (Å²) in [5.74, 6) is -0.503. The minimum absolute atomic E-state index is 0.0409. The molecule has 1 aromatic carbocycles. The zero-order valence-corrected chi connectivity index (χ0v) is 10.7. The maximum Gasteiger partial charge on any atom is 0.246 e. The van der Waals surface area contributed by atoms with Crippen molar-refractivity contribution in [1.29, 1.82) is 0 Å². The predicted molar refractivity (Wildman–Crippen MR) is 68.4 cm³/mol. The Labute approximate surface area is 110 Å². The fourth-order valence-corrected chi connectivity index (χ4v) is 2.11. The van der Waals surface area contributed by atoms with Crippen LogP contribution in [-0.4, -0.2) is 37.8 Å². The van der Waals surface area contributed by atoms with E-state index >= 15 is 0 Å². The van der Waals surface area contributed by atoms with Gasteiger partial charge in [-0.1, -0.05) is 6.07 Å². The van der Waals surface area contributed by atoms with Crippen molar-refractivity contribution in [2.75, 3.05) is 25.1 Å². The lowest BCUT2D eigenvalue weighted by Gasteiger charge is -2.29. The molecule has 2 rings (SSSR count). The minimum Gasteiger partial charge on any atom is -0.496 e. The number of carbonyl (C=O) groups excluding carboxylic acids is 3. The molecule has 1 saturated heterocycles. The number of Topliss-reactive ketones (excluding diaryl/α,β-unsaturated/α-hetero) is 1. The van der Waals surface area contributed by atoms with E-state index in [1.807, 2.05) is 0 Å². The molecule has 0 spiro atoms. The number of ketones is 1. The second kappa shape index (κ2) is 5.09. The summed E-state index contributed by atoms with van der Waals surface area (Å²) < 4.78 is 5.16. The van der Waals surface area contributed by atoms with Crippen molar-refractivity contribution in [1.82, 2.24) is 5.32 Å². The van der Waals surface area contributed by atoms with E-state index in [-0.39, 0.29) is 30.7 Å². The number of imide groups is 1. The summed E-state index contributed by atoms with van der Waals surface area (Å²) in [6.45, 7) is 1.51. The zero-order valence-electron chi connectivity index (χ0n) is 10.7. The van der Waals surface area contributed by atoms with Crippen molar-refractivity contribution in [2.24, 2.45) is 0 Å². The van der Waals surface area contributed by atoms with Crippen LogP contribution in [0, 0.1) is 0 Å². The Morgan fingerprint density at radius 2 is 1.89 bits per heavy atom. The third-order valence-electron chi connectivity index (χ3n) is 2.86. The highest BCUT2D eigenvalue weighted by Gasteiger charge is 2.26. The first-order chi connectivity index (χ1) is 9.02. The second-order valence-corrected chi connectivity index (χ2v) is 4.24. The monoisotopic (exact) mass is 262 g/mol. The van der Waals surface area contributed by atoms with Crippen molar-refractivity contribution < 1.29 is 19.1 Å². The van der Waals surface area contributed by atoms with Crippen LogP contribution in [0.3, 0.4) is 0 Å². The van der Waals surface area contributed by atoms with Crippen LogP contribution < -0.4 is 15.0 Å². The predicted octanol–water partition coefficient (Wildman–Crippen LogP) is 0.361. The summed E-state index contributed by atoms with van der Waals surface area (Å²) in [6.07, 6.45) is 0. The van der Waals surface area contributed by atoms with Gasteiger partial charge in [-0.15, -0.1) is 0 Å². The number of carbonyl (C=O) groups is 3. The Kier molecular flexibility index (Phi) is 3.50. The Morgan fingerprint density at radius 3 is 2.42 bits per heavy atom. The highest BCUT2D eigenvalue weighted by atomic mass is 16.5. The molecule has 100 valence electrons. The van der Waals surface area contributed by atoms with Gasteiger partial charge in [-0.05, 0) is 19.1 Å². The average Bonchev–Trinajstić information content (AvgIpc) is 2.36. The van der Waals surface area contributed by atoms with Crippen molar-refractivity contribution >= 4 is 23.3 Å². The summed E-state index contributed by atoms with van der Waals surface area (Å²) in [5.41, 5.74) is 0.919. The van der Waals surface area contributed by atoms with Crippen LogP contribution in [0.25, 0.3) is 0 Å². The van der Waals surface area contributed by atoms with E-state index in [0.717, 1.165) is 0 Å². The van der Waals surface area contributed by atoms with Crippen LogP contribution in [-0.2, 0) is 9.59 Å². The van der Waals surface area contributed by atoms with Gasteiger partial charge in [-0.3, -0.25) is 19.7 Å². The molecule has 19 heavy (non-hydrogen) atoms. The molecular weight excluding hydrogens is 248 g/mol. The lowest BCUT2D eigenvalue weighted by Crippen LogP contribution is -2.51. The van der Waals surface area contributed by atoms with Crippen LogP contribution in [0.4, 0.5) is 5.69 Å². The fourth-order valence-electron chi connectivity index (χ4n) is 2.11. The smallest absolute Gasteiger partial charge is 0.246 e. The quantitative estimate of drug-likeness (QED) is 0.629. The molecule has 1 fully saturated rings. The van der Waals surface area contributed by atoms with Gasteiger partial charge in [0.15, 0.2) is 5.78 Å². The molecular formula is C13H14N2O4. The number of rotatable bonds is 3. The standard InChI is InChI=1S/C13H14N2O4/c1-8(16)13-9(4-3-5-10(13)19-2)15-6-11(17)14-12(18)7-15/h3-5H,6-7H2,1-2H3,(H,14,17,18). The fraction of sp³-hybridized carbons (Fsp3) is 0.308. The molecule has 1 aliphatic rings. The van der Waals surface area contributed by atoms with Gasteiger partial charge in [-0.25, -0.2) is 0 Å². The van der Waals surface area contributed by atoms with Crippen LogP contribution >= 0.6 is 0 Å². The lowest BCUT2D eigenvalue weighted by molar-refractivity contribution is -0.130. The van der Waals surface area contributed by atoms with Crippen LogP contribution in [0.15, 0.2) is 18.2 Å². The number of nitrogens with zero attached hydrogens (tertiary/aromatic N) is 1. The number of amides is 2. The van der Waals surface area contributed by atoms with Crippen molar-refractivity contribution in [3.05, 3.63) is 23.8 Å². The maximum absolute atomic E-state index is 11.8. The first-order valence-electron chi connectivity index (χ1n) is 5.78. The van der Waals surface area contributed by atoms with Crippen LogP contribution in [0.2, 0.25) is 0 Å². The Morgan fingerprint density at radius 1 is 1.26 bits per heavy atom. The van der Waals surface area contributed by atoms with Crippen LogP contribution in [0.5, 0.6) is 5.75 Å². The Balaban J connectivity index is 2.46. The molecule has 6 nitrogen and oxygen atoms in total. The van der Waals surface area contributed by atoms with Crippen molar-refractivity contribution in [2.45, 2.75) is 6.92 Å². The molecule has 1 N–H and O–H groups in total. The van der Waals surface area contributed by atoms with Gasteiger partial charge in [0.05, 0.1) is 31.5 Å². The van der Waals surface area contributed by atoms with Gasteiger partial charge in [0.25, 0.3) is 0 Å². The number of ether oxygens (including phenoxy) is 1. The number of methoxy groups -OCH3 is 1. The number of hydrogen-bond acceptors (Lipinski definition) is 5. The van der Waals surface area contributed by atoms with Gasteiger partial charge < -0.3 is 9.64 Å². The highest BCUT2D eigenvalue weighted by molar-refractivity contribution is 6.06. The molecule has 0 bridgehead atoms. The molecule has 6 heteroatoms. The topological polar surface area (TPSA) is 75.7 Å². The molecule has 0 aliphatic carbocycles. The summed E-state index contributed by atoms with van der Waals surface area (Å²) in [7, 11) is 1.47. The molecule has 0 aromatic heterocycles. The van der Waals surface area contributed by atoms with E-state index in [1.165, 1.54) is 14.0 Å². The molecule has 0 radical (unpaired) electrons. The Hall–Kier alpha value is -2.37. The van der Waals surface area contributed by atoms with E-state index in [2.05, 4.69) is 5.32 Å². The second-order valence-electron chi connectivity index (χ2n) is 4.24. The third-order valence-corrected chi connectivity index (χ3v) is 2.86. The molecule has 0 atom stereocenters. The molecule has 2 amide bonds. The van der Waals surface area contributed by atoms with E-state index < -0.39 is 0 Å². The molecule has 1 aromatic rings. The number of benzene rings is 1. The molecule has 0 saturated carbocycles. The lowest BCUT2D eigenvalue weighted by atomic mass is 10.1. The largest absolute Gasteiger partial charge is 0.496 e. The highest BCUT2D eigenvalue weighted by Crippen LogP contribution is 2.30. The maximum atomic E-state index is 11.8. The third kappa shape index (κ3) is 2.57. The summed E-state index contributed by atoms with van der Waals surface area (Å²) in [6, 6.07) is 5.09. The molecule has 1 heterocycles. The van der Waals surface area contributed by atoms with Crippen molar-refractivity contribution in [3.63, 3.8) is 0 Å². The Bertz CT molecular complexity index is 538. The first kappa shape index (κ1) is 13.1. The molecule has 0 unspecified atom stereocenters. The zero-order chi connectivity index (χ0) is 14.0. The van der Waals surface area contributed by atoms with Crippen LogP contribution in [0.1, 0.15) is 17.3 Å². The van der Waals surface area contributed by atoms with Gasteiger partial charge in [0.1, 0.15) is 5.75 Å². The van der Waals surface area contributed by atoms with Gasteiger partial charge in [-0.2, -0.15) is 0 Å². The number of hydrogen-bond donors (Lipinski definition) is 1. The van der Waals surface area contributed by atoms with E-state index in [1.54, 1.807) is 23.1 Å². The first-order valence-corrected chi connectivity index (χ1v) is 5.78. The van der Waals surface area contributed by atoms with E-state index in [0.29, 0.717) is 17.0 Å². The minimum atomic E-state index is -0.381. The SMILES string of the molecule is COc1cccc(N2CC(=O)NC(=O)C2)c1C(C)=O. The van der Waals surface area contributed by atoms with Gasteiger partial charge in [0, 0.05) is 0 Å². The number of nitrogens with one attached hydrogen (secondary N) is 1. The normalized spacial score (nSPS) is 15.2. The average molecular weight is 262 g/mol. The van der Waals surface area contributed by atoms with E-state index in [9.17, 15) is 14.4 Å². The summed E-state index contributed by atoms with van der Waals surface area (Å²) in [4.78, 5) is 36.1. The molecule has 1 aliphatic heterocycles. The number of piperazine rings is 1. The summed E-state index contributed by atoms with van der Waals surface area (Å²) in [5, 5.41) is 2.22. The van der Waals surface area contributed by atoms with Gasteiger partial charge in [0.2, 0.25) is 11.8 Å². The van der Waals surface area contributed by atoms with Crippen molar-refractivity contribution in [3.8, 4) is 5.75 Å². The number of anilines is 1. The summed E-state index contributed by atoms with van der Waals surface area (Å²) >= 11 is 0. The van der Waals surface area contributed by atoms with E-state index in [4.69, 9.17) is 4.74 Å². The van der Waals surface area contributed by atoms with Gasteiger partial charge >= 0.3 is 0 Å².